The molecule has 0 radical (unpaired) electrons. The van der Waals surface area contributed by atoms with Gasteiger partial charge in [0.2, 0.25) is 0 Å². The van der Waals surface area contributed by atoms with Crippen LogP contribution in [-0.2, 0) is 0 Å². The SMILES string of the molecule is CC(C)c1ccc(NC(=O)c2cc3cc4ccccc4nc3s2)cc1. The van der Waals surface area contributed by atoms with Gasteiger partial charge in [-0.3, -0.25) is 4.79 Å². The number of rotatable bonds is 3. The minimum absolute atomic E-state index is 0.0932. The molecule has 0 saturated carbocycles. The molecule has 25 heavy (non-hydrogen) atoms. The lowest BCUT2D eigenvalue weighted by Gasteiger charge is -2.07. The van der Waals surface area contributed by atoms with Gasteiger partial charge in [-0.2, -0.15) is 0 Å². The van der Waals surface area contributed by atoms with E-state index < -0.39 is 0 Å². The highest BCUT2D eigenvalue weighted by Gasteiger charge is 2.12. The number of carbonyl (C=O) groups excluding carboxylic acids is 1. The Kier molecular flexibility index (Phi) is 3.98. The molecule has 4 heteroatoms. The molecule has 0 aliphatic heterocycles. The monoisotopic (exact) mass is 346 g/mol. The summed E-state index contributed by atoms with van der Waals surface area (Å²) < 4.78 is 0. The fourth-order valence-corrected chi connectivity index (χ4v) is 3.75. The fourth-order valence-electron chi connectivity index (χ4n) is 2.83. The highest BCUT2D eigenvalue weighted by atomic mass is 32.1. The quantitative estimate of drug-likeness (QED) is 0.507. The van der Waals surface area contributed by atoms with E-state index in [4.69, 9.17) is 0 Å². The van der Waals surface area contributed by atoms with Crippen LogP contribution in [0.2, 0.25) is 0 Å². The minimum atomic E-state index is -0.0932. The smallest absolute Gasteiger partial charge is 0.265 e. The molecule has 124 valence electrons. The molecule has 0 unspecified atom stereocenters. The van der Waals surface area contributed by atoms with Crippen LogP contribution in [0.3, 0.4) is 0 Å². The molecular formula is C21H18N2OS. The van der Waals surface area contributed by atoms with Crippen LogP contribution in [0.5, 0.6) is 0 Å². The first-order chi connectivity index (χ1) is 12.1. The molecule has 0 atom stereocenters. The highest BCUT2D eigenvalue weighted by molar-refractivity contribution is 7.20. The van der Waals surface area contributed by atoms with Crippen molar-refractivity contribution in [3.05, 3.63) is 71.1 Å². The van der Waals surface area contributed by atoms with Crippen LogP contribution in [0.4, 0.5) is 5.69 Å². The second kappa shape index (κ2) is 6.30. The van der Waals surface area contributed by atoms with Crippen molar-refractivity contribution < 1.29 is 4.79 Å². The Balaban J connectivity index is 1.62. The number of amides is 1. The van der Waals surface area contributed by atoms with E-state index in [1.54, 1.807) is 0 Å². The molecule has 0 aliphatic carbocycles. The molecule has 2 heterocycles. The summed E-state index contributed by atoms with van der Waals surface area (Å²) in [6, 6.07) is 20.0. The second-order valence-electron chi connectivity index (χ2n) is 6.42. The maximum atomic E-state index is 12.6. The molecule has 2 aromatic heterocycles. The number of nitrogens with one attached hydrogen (secondary N) is 1. The van der Waals surface area contributed by atoms with Gasteiger partial charge < -0.3 is 5.32 Å². The van der Waals surface area contributed by atoms with E-state index in [1.807, 2.05) is 42.5 Å². The van der Waals surface area contributed by atoms with Gasteiger partial charge in [0, 0.05) is 16.5 Å². The molecule has 4 aromatic rings. The molecule has 0 spiro atoms. The van der Waals surface area contributed by atoms with Crippen molar-refractivity contribution in [1.82, 2.24) is 4.98 Å². The topological polar surface area (TPSA) is 42.0 Å². The molecule has 0 saturated heterocycles. The number of anilines is 1. The molecule has 0 aliphatic rings. The van der Waals surface area contributed by atoms with E-state index in [0.29, 0.717) is 10.8 Å². The van der Waals surface area contributed by atoms with Crippen molar-refractivity contribution in [3.63, 3.8) is 0 Å². The molecule has 1 N–H and O–H groups in total. The van der Waals surface area contributed by atoms with Crippen LogP contribution >= 0.6 is 11.3 Å². The Morgan fingerprint density at radius 2 is 1.76 bits per heavy atom. The van der Waals surface area contributed by atoms with Crippen LogP contribution in [0, 0.1) is 0 Å². The predicted octanol–water partition coefficient (Wildman–Crippen LogP) is 5.83. The molecule has 3 nitrogen and oxygen atoms in total. The number of nitrogens with zero attached hydrogens (tertiary/aromatic N) is 1. The zero-order valence-corrected chi connectivity index (χ0v) is 14.9. The summed E-state index contributed by atoms with van der Waals surface area (Å²) >= 11 is 1.42. The summed E-state index contributed by atoms with van der Waals surface area (Å²) in [5.41, 5.74) is 3.02. The largest absolute Gasteiger partial charge is 0.321 e. The standard InChI is InChI=1S/C21H18N2OS/c1-13(2)14-7-9-17(10-8-14)22-20(24)19-12-16-11-15-5-3-4-6-18(15)23-21(16)25-19/h3-13H,1-2H3,(H,22,24). The van der Waals surface area contributed by atoms with E-state index in [1.165, 1.54) is 16.9 Å². The number of pyridine rings is 1. The number of hydrogen-bond donors (Lipinski definition) is 1. The van der Waals surface area contributed by atoms with Crippen LogP contribution in [-0.4, -0.2) is 10.9 Å². The number of fused-ring (bicyclic) bond motifs is 2. The molecule has 0 bridgehead atoms. The first-order valence-electron chi connectivity index (χ1n) is 8.31. The van der Waals surface area contributed by atoms with Crippen LogP contribution in [0.1, 0.15) is 35.0 Å². The highest BCUT2D eigenvalue weighted by Crippen LogP contribution is 2.28. The van der Waals surface area contributed by atoms with E-state index >= 15 is 0 Å². The first-order valence-corrected chi connectivity index (χ1v) is 9.12. The van der Waals surface area contributed by atoms with Gasteiger partial charge in [0.1, 0.15) is 4.83 Å². The number of carbonyl (C=O) groups is 1. The number of para-hydroxylation sites is 1. The molecule has 4 rings (SSSR count). The predicted molar refractivity (Wildman–Crippen MR) is 106 cm³/mol. The Bertz CT molecular complexity index is 1010. The van der Waals surface area contributed by atoms with Gasteiger partial charge in [0.25, 0.3) is 5.91 Å². The van der Waals surface area contributed by atoms with Gasteiger partial charge in [-0.15, -0.1) is 11.3 Å². The summed E-state index contributed by atoms with van der Waals surface area (Å²) in [7, 11) is 0. The summed E-state index contributed by atoms with van der Waals surface area (Å²) in [4.78, 5) is 18.8. The molecule has 1 amide bonds. The second-order valence-corrected chi connectivity index (χ2v) is 7.45. The van der Waals surface area contributed by atoms with Crippen molar-refractivity contribution in [2.45, 2.75) is 19.8 Å². The van der Waals surface area contributed by atoms with E-state index in [9.17, 15) is 4.79 Å². The van der Waals surface area contributed by atoms with Crippen molar-refractivity contribution in [3.8, 4) is 0 Å². The minimum Gasteiger partial charge on any atom is -0.321 e. The van der Waals surface area contributed by atoms with Gasteiger partial charge in [-0.05, 0) is 41.8 Å². The summed E-state index contributed by atoms with van der Waals surface area (Å²) in [6.45, 7) is 4.31. The lowest BCUT2D eigenvalue weighted by Crippen LogP contribution is -2.09. The fraction of sp³-hybridized carbons (Fsp3) is 0.143. The van der Waals surface area contributed by atoms with Crippen LogP contribution in [0.15, 0.2) is 60.7 Å². The molecule has 0 fully saturated rings. The van der Waals surface area contributed by atoms with Gasteiger partial charge >= 0.3 is 0 Å². The Labute approximate surface area is 150 Å². The summed E-state index contributed by atoms with van der Waals surface area (Å²) in [6.07, 6.45) is 0. The maximum absolute atomic E-state index is 12.6. The van der Waals surface area contributed by atoms with Gasteiger partial charge in [0.15, 0.2) is 0 Å². The zero-order valence-electron chi connectivity index (χ0n) is 14.1. The zero-order chi connectivity index (χ0) is 17.4. The summed E-state index contributed by atoms with van der Waals surface area (Å²) in [5.74, 6) is 0.386. The number of hydrogen-bond acceptors (Lipinski definition) is 3. The van der Waals surface area contributed by atoms with Crippen molar-refractivity contribution in [2.24, 2.45) is 0 Å². The number of benzene rings is 2. The van der Waals surface area contributed by atoms with E-state index in [0.717, 1.165) is 26.8 Å². The Hall–Kier alpha value is -2.72. The van der Waals surface area contributed by atoms with Gasteiger partial charge in [-0.25, -0.2) is 4.98 Å². The van der Waals surface area contributed by atoms with E-state index in [-0.39, 0.29) is 5.91 Å². The van der Waals surface area contributed by atoms with E-state index in [2.05, 4.69) is 42.3 Å². The maximum Gasteiger partial charge on any atom is 0.265 e. The lowest BCUT2D eigenvalue weighted by atomic mass is 10.0. The van der Waals surface area contributed by atoms with Crippen LogP contribution < -0.4 is 5.32 Å². The average molecular weight is 346 g/mol. The van der Waals surface area contributed by atoms with Gasteiger partial charge in [0.05, 0.1) is 10.4 Å². The lowest BCUT2D eigenvalue weighted by molar-refractivity contribution is 0.103. The van der Waals surface area contributed by atoms with Gasteiger partial charge in [-0.1, -0.05) is 44.2 Å². The third-order valence-corrected chi connectivity index (χ3v) is 5.31. The Morgan fingerprint density at radius 1 is 1.00 bits per heavy atom. The van der Waals surface area contributed by atoms with Crippen molar-refractivity contribution in [1.29, 1.82) is 0 Å². The third-order valence-electron chi connectivity index (χ3n) is 4.27. The average Bonchev–Trinajstić information content (AvgIpc) is 3.03. The molecular weight excluding hydrogens is 328 g/mol. The normalized spacial score (nSPS) is 11.3. The van der Waals surface area contributed by atoms with Crippen LogP contribution in [0.25, 0.3) is 21.1 Å². The number of aromatic nitrogens is 1. The number of thiophene rings is 1. The Morgan fingerprint density at radius 3 is 2.52 bits per heavy atom. The third kappa shape index (κ3) is 3.13. The first kappa shape index (κ1) is 15.8. The molecule has 2 aromatic carbocycles. The van der Waals surface area contributed by atoms with Crippen molar-refractivity contribution in [2.75, 3.05) is 5.32 Å². The van der Waals surface area contributed by atoms with Crippen molar-refractivity contribution >= 4 is 44.1 Å². The summed E-state index contributed by atoms with van der Waals surface area (Å²) in [5, 5.41) is 5.06.